The number of hydrogen-bond donors (Lipinski definition) is 2. The van der Waals surface area contributed by atoms with Gasteiger partial charge in [-0.1, -0.05) is 12.8 Å². The Kier molecular flexibility index (Phi) is 5.66. The van der Waals surface area contributed by atoms with Crippen molar-refractivity contribution in [2.75, 3.05) is 11.9 Å². The lowest BCUT2D eigenvalue weighted by Gasteiger charge is -2.12. The third-order valence-corrected chi connectivity index (χ3v) is 5.62. The molecule has 0 unspecified atom stereocenters. The zero-order chi connectivity index (χ0) is 20.2. The van der Waals surface area contributed by atoms with Crippen LogP contribution >= 0.6 is 11.3 Å². The highest BCUT2D eigenvalue weighted by Crippen LogP contribution is 2.25. The number of nitrogens with one attached hydrogen (secondary N) is 2. The molecule has 0 saturated heterocycles. The molecule has 0 radical (unpaired) electrons. The van der Waals surface area contributed by atoms with Gasteiger partial charge in [0, 0.05) is 17.0 Å². The van der Waals surface area contributed by atoms with Gasteiger partial charge in [-0.05, 0) is 38.0 Å². The fourth-order valence-electron chi connectivity index (χ4n) is 3.29. The van der Waals surface area contributed by atoms with Crippen LogP contribution in [0.25, 0.3) is 22.4 Å². The lowest BCUT2D eigenvalue weighted by atomic mass is 10.2. The zero-order valence-corrected chi connectivity index (χ0v) is 16.8. The van der Waals surface area contributed by atoms with Crippen molar-refractivity contribution in [3.05, 3.63) is 34.7 Å². The fourth-order valence-corrected chi connectivity index (χ4v) is 4.09. The molecule has 0 spiro atoms. The van der Waals surface area contributed by atoms with Crippen LogP contribution in [0.2, 0.25) is 0 Å². The molecule has 3 aromatic heterocycles. The summed E-state index contributed by atoms with van der Waals surface area (Å²) in [4.78, 5) is 37.9. The van der Waals surface area contributed by atoms with E-state index < -0.39 is 0 Å². The number of amides is 2. The Hall–Kier alpha value is -3.07. The van der Waals surface area contributed by atoms with Gasteiger partial charge in [-0.3, -0.25) is 10.3 Å². The van der Waals surface area contributed by atoms with Gasteiger partial charge >= 0.3 is 12.0 Å². The van der Waals surface area contributed by atoms with E-state index in [1.165, 1.54) is 11.3 Å². The Balaban J connectivity index is 1.52. The number of aromatic nitrogens is 3. The number of esters is 1. The first-order valence-corrected chi connectivity index (χ1v) is 10.5. The average Bonchev–Trinajstić information content (AvgIpc) is 3.39. The molecular weight excluding hydrogens is 390 g/mol. The van der Waals surface area contributed by atoms with E-state index in [0.717, 1.165) is 31.2 Å². The third kappa shape index (κ3) is 4.51. The van der Waals surface area contributed by atoms with E-state index in [4.69, 9.17) is 4.74 Å². The molecular formula is C20H21N5O3S. The summed E-state index contributed by atoms with van der Waals surface area (Å²) in [5.41, 5.74) is 2.41. The molecule has 9 heteroatoms. The minimum atomic E-state index is -0.351. The number of anilines is 1. The van der Waals surface area contributed by atoms with E-state index in [9.17, 15) is 9.59 Å². The van der Waals surface area contributed by atoms with Crippen LogP contribution in [0.15, 0.2) is 29.8 Å². The number of pyridine rings is 1. The second kappa shape index (κ2) is 8.52. The van der Waals surface area contributed by atoms with Gasteiger partial charge < -0.3 is 10.1 Å². The first kappa shape index (κ1) is 19.3. The number of ether oxygens (including phenoxy) is 1. The Bertz CT molecular complexity index is 1050. The first-order valence-electron chi connectivity index (χ1n) is 9.59. The van der Waals surface area contributed by atoms with Crippen LogP contribution < -0.4 is 10.6 Å². The molecule has 2 amide bonds. The highest BCUT2D eigenvalue weighted by atomic mass is 32.1. The second-order valence-corrected chi connectivity index (χ2v) is 7.71. The molecule has 8 nitrogen and oxygen atoms in total. The van der Waals surface area contributed by atoms with Crippen LogP contribution in [0.5, 0.6) is 0 Å². The molecule has 4 rings (SSSR count). The van der Waals surface area contributed by atoms with Gasteiger partial charge in [-0.2, -0.15) is 0 Å². The topological polar surface area (TPSA) is 106 Å². The number of carbonyl (C=O) groups excluding carboxylic acids is 2. The van der Waals surface area contributed by atoms with Crippen molar-refractivity contribution >= 4 is 40.3 Å². The SMILES string of the molecule is CCOC(=O)c1cc(-c2cnc3ccc(NC(=O)NC4CCCC4)nc3n2)cs1. The molecule has 0 aliphatic heterocycles. The van der Waals surface area contributed by atoms with Gasteiger partial charge in [-0.15, -0.1) is 11.3 Å². The van der Waals surface area contributed by atoms with E-state index >= 15 is 0 Å². The van der Waals surface area contributed by atoms with Crippen molar-refractivity contribution in [1.82, 2.24) is 20.3 Å². The standard InChI is InChI=1S/C20H21N5O3S/c1-2-28-19(26)16-9-12(11-29-16)15-10-21-14-7-8-17(24-18(14)23-15)25-20(27)22-13-5-3-4-6-13/h7-11,13H,2-6H2,1H3,(H2,22,23,24,25,27). The Morgan fingerprint density at radius 1 is 1.24 bits per heavy atom. The molecule has 1 fully saturated rings. The van der Waals surface area contributed by atoms with Gasteiger partial charge in [0.05, 0.1) is 18.5 Å². The number of fused-ring (bicyclic) bond motifs is 1. The first-order chi connectivity index (χ1) is 14.1. The highest BCUT2D eigenvalue weighted by Gasteiger charge is 2.17. The van der Waals surface area contributed by atoms with Gasteiger partial charge in [0.25, 0.3) is 0 Å². The molecule has 3 aromatic rings. The Labute approximate surface area is 171 Å². The number of urea groups is 1. The summed E-state index contributed by atoms with van der Waals surface area (Å²) in [6.45, 7) is 2.10. The average molecular weight is 411 g/mol. The van der Waals surface area contributed by atoms with Gasteiger partial charge in [0.1, 0.15) is 16.2 Å². The molecule has 1 aliphatic carbocycles. The molecule has 2 N–H and O–H groups in total. The van der Waals surface area contributed by atoms with E-state index in [1.54, 1.807) is 31.3 Å². The minimum Gasteiger partial charge on any atom is -0.462 e. The van der Waals surface area contributed by atoms with Crippen molar-refractivity contribution in [2.24, 2.45) is 0 Å². The molecule has 29 heavy (non-hydrogen) atoms. The number of thiophene rings is 1. The fraction of sp³-hybridized carbons (Fsp3) is 0.350. The zero-order valence-electron chi connectivity index (χ0n) is 16.0. The molecule has 1 aliphatic rings. The molecule has 1 saturated carbocycles. The summed E-state index contributed by atoms with van der Waals surface area (Å²) < 4.78 is 5.02. The number of hydrogen-bond acceptors (Lipinski definition) is 7. The van der Waals surface area contributed by atoms with Gasteiger partial charge in [-0.25, -0.2) is 19.6 Å². The number of rotatable bonds is 5. The van der Waals surface area contributed by atoms with Crippen molar-refractivity contribution in [3.63, 3.8) is 0 Å². The summed E-state index contributed by atoms with van der Waals surface area (Å²) in [6.07, 6.45) is 5.97. The predicted molar refractivity (Wildman–Crippen MR) is 111 cm³/mol. The minimum absolute atomic E-state index is 0.231. The Morgan fingerprint density at radius 3 is 2.86 bits per heavy atom. The maximum absolute atomic E-state index is 12.2. The normalized spacial score (nSPS) is 14.1. The van der Waals surface area contributed by atoms with Crippen molar-refractivity contribution in [3.8, 4) is 11.3 Å². The van der Waals surface area contributed by atoms with Crippen molar-refractivity contribution in [1.29, 1.82) is 0 Å². The van der Waals surface area contributed by atoms with Crippen LogP contribution in [0.1, 0.15) is 42.3 Å². The molecule has 150 valence electrons. The third-order valence-electron chi connectivity index (χ3n) is 4.71. The van der Waals surface area contributed by atoms with E-state index in [0.29, 0.717) is 34.2 Å². The van der Waals surface area contributed by atoms with Gasteiger partial charge in [0.2, 0.25) is 0 Å². The maximum Gasteiger partial charge on any atom is 0.348 e. The van der Waals surface area contributed by atoms with E-state index in [1.807, 2.05) is 5.38 Å². The summed E-state index contributed by atoms with van der Waals surface area (Å²) >= 11 is 1.30. The summed E-state index contributed by atoms with van der Waals surface area (Å²) in [5, 5.41) is 7.57. The van der Waals surface area contributed by atoms with Crippen LogP contribution in [0, 0.1) is 0 Å². The summed E-state index contributed by atoms with van der Waals surface area (Å²) in [6, 6.07) is 5.17. The Morgan fingerprint density at radius 2 is 2.07 bits per heavy atom. The van der Waals surface area contributed by atoms with E-state index in [-0.39, 0.29) is 18.0 Å². The second-order valence-electron chi connectivity index (χ2n) is 6.79. The lowest BCUT2D eigenvalue weighted by molar-refractivity contribution is 0.0532. The number of carbonyl (C=O) groups is 2. The molecule has 0 aromatic carbocycles. The van der Waals surface area contributed by atoms with Crippen molar-refractivity contribution < 1.29 is 14.3 Å². The smallest absolute Gasteiger partial charge is 0.348 e. The van der Waals surface area contributed by atoms with Crippen LogP contribution in [-0.2, 0) is 4.74 Å². The van der Waals surface area contributed by atoms with Crippen molar-refractivity contribution in [2.45, 2.75) is 38.6 Å². The summed E-state index contributed by atoms with van der Waals surface area (Å²) in [5.74, 6) is 0.0624. The van der Waals surface area contributed by atoms with Crippen LogP contribution in [0.4, 0.5) is 10.6 Å². The molecule has 0 bridgehead atoms. The van der Waals surface area contributed by atoms with Crippen LogP contribution in [0.3, 0.4) is 0 Å². The maximum atomic E-state index is 12.2. The molecule has 3 heterocycles. The monoisotopic (exact) mass is 411 g/mol. The highest BCUT2D eigenvalue weighted by molar-refractivity contribution is 7.12. The number of nitrogens with zero attached hydrogens (tertiary/aromatic N) is 3. The lowest BCUT2D eigenvalue weighted by Crippen LogP contribution is -2.36. The van der Waals surface area contributed by atoms with E-state index in [2.05, 4.69) is 25.6 Å². The molecule has 0 atom stereocenters. The quantitative estimate of drug-likeness (QED) is 0.615. The summed E-state index contributed by atoms with van der Waals surface area (Å²) in [7, 11) is 0. The van der Waals surface area contributed by atoms with Gasteiger partial charge in [0.15, 0.2) is 5.65 Å². The van der Waals surface area contributed by atoms with Crippen LogP contribution in [-0.4, -0.2) is 39.6 Å². The predicted octanol–water partition coefficient (Wildman–Crippen LogP) is 3.99. The largest absolute Gasteiger partial charge is 0.462 e.